The Labute approximate surface area is 92.0 Å². The zero-order valence-electron chi connectivity index (χ0n) is 6.67. The van der Waals surface area contributed by atoms with Crippen LogP contribution < -0.4 is 0 Å². The van der Waals surface area contributed by atoms with E-state index in [2.05, 4.69) is 26.1 Å². The van der Waals surface area contributed by atoms with Crippen molar-refractivity contribution in [3.8, 4) is 11.5 Å². The molecule has 14 heavy (non-hydrogen) atoms. The lowest BCUT2D eigenvalue weighted by Gasteiger charge is -1.96. The molecule has 0 saturated heterocycles. The normalized spacial score (nSPS) is 10.5. The lowest BCUT2D eigenvalue weighted by molar-refractivity contribution is 0.539. The van der Waals surface area contributed by atoms with Crippen LogP contribution in [0.4, 0.5) is 4.39 Å². The van der Waals surface area contributed by atoms with Gasteiger partial charge in [-0.1, -0.05) is 11.6 Å². The molecule has 1 aromatic carbocycles. The Hall–Kier alpha value is -0.940. The zero-order valence-corrected chi connectivity index (χ0v) is 9.01. The van der Waals surface area contributed by atoms with E-state index in [1.807, 2.05) is 0 Å². The monoisotopic (exact) mass is 276 g/mol. The van der Waals surface area contributed by atoms with Crippen molar-refractivity contribution in [2.24, 2.45) is 0 Å². The number of hydrogen-bond acceptors (Lipinski definition) is 3. The number of nitrogens with zero attached hydrogens (tertiary/aromatic N) is 2. The van der Waals surface area contributed by atoms with Gasteiger partial charge in [-0.05, 0) is 18.2 Å². The molecule has 2 rings (SSSR count). The van der Waals surface area contributed by atoms with E-state index < -0.39 is 5.82 Å². The minimum absolute atomic E-state index is 0.0623. The maximum absolute atomic E-state index is 13.0. The Kier molecular flexibility index (Phi) is 2.52. The second kappa shape index (κ2) is 3.67. The summed E-state index contributed by atoms with van der Waals surface area (Å²) in [6.07, 6.45) is 0. The number of halogens is 3. The van der Waals surface area contributed by atoms with Crippen LogP contribution in [-0.4, -0.2) is 10.2 Å². The fourth-order valence-corrected chi connectivity index (χ4v) is 1.30. The first-order chi connectivity index (χ1) is 6.66. The molecule has 0 saturated carbocycles. The summed E-state index contributed by atoms with van der Waals surface area (Å²) in [5, 5.41) is 7.34. The van der Waals surface area contributed by atoms with Crippen LogP contribution in [0.25, 0.3) is 11.5 Å². The molecule has 0 spiro atoms. The van der Waals surface area contributed by atoms with E-state index in [0.717, 1.165) is 0 Å². The second-order valence-electron chi connectivity index (χ2n) is 2.49. The molecule has 0 N–H and O–H groups in total. The van der Waals surface area contributed by atoms with Crippen molar-refractivity contribution in [3.05, 3.63) is 33.8 Å². The Balaban J connectivity index is 2.47. The molecule has 0 unspecified atom stereocenters. The Morgan fingerprint density at radius 1 is 1.36 bits per heavy atom. The van der Waals surface area contributed by atoms with Crippen LogP contribution in [-0.2, 0) is 0 Å². The number of aromatic nitrogens is 2. The van der Waals surface area contributed by atoms with Crippen molar-refractivity contribution in [3.63, 3.8) is 0 Å². The van der Waals surface area contributed by atoms with Crippen molar-refractivity contribution < 1.29 is 8.81 Å². The zero-order chi connectivity index (χ0) is 10.1. The predicted molar refractivity (Wildman–Crippen MR) is 52.4 cm³/mol. The molecule has 0 aliphatic heterocycles. The molecule has 2 aromatic rings. The Morgan fingerprint density at radius 3 is 2.71 bits per heavy atom. The van der Waals surface area contributed by atoms with Gasteiger partial charge in [0.25, 0.3) is 4.80 Å². The number of rotatable bonds is 1. The molecule has 3 nitrogen and oxygen atoms in total. The summed E-state index contributed by atoms with van der Waals surface area (Å²) < 4.78 is 18.1. The number of benzene rings is 1. The standard InChI is InChI=1S/C8H3BrClFN2O/c9-8-13-12-7(14-8)4-1-2-5(10)6(11)3-4/h1-3H. The quantitative estimate of drug-likeness (QED) is 0.803. The van der Waals surface area contributed by atoms with Gasteiger partial charge in [0.15, 0.2) is 0 Å². The summed E-state index contributed by atoms with van der Waals surface area (Å²) in [5.41, 5.74) is 0.491. The van der Waals surface area contributed by atoms with Crippen molar-refractivity contribution in [1.82, 2.24) is 10.2 Å². The van der Waals surface area contributed by atoms with E-state index in [-0.39, 0.29) is 15.7 Å². The highest BCUT2D eigenvalue weighted by atomic mass is 79.9. The molecule has 0 amide bonds. The fourth-order valence-electron chi connectivity index (χ4n) is 0.951. The maximum Gasteiger partial charge on any atom is 0.285 e. The molecule has 0 bridgehead atoms. The van der Waals surface area contributed by atoms with Crippen molar-refractivity contribution in [1.29, 1.82) is 0 Å². The molecule has 0 atom stereocenters. The summed E-state index contributed by atoms with van der Waals surface area (Å²) in [6, 6.07) is 4.28. The third-order valence-corrected chi connectivity index (χ3v) is 2.19. The van der Waals surface area contributed by atoms with Crippen LogP contribution in [0, 0.1) is 5.82 Å². The van der Waals surface area contributed by atoms with Crippen LogP contribution in [0.15, 0.2) is 27.4 Å². The van der Waals surface area contributed by atoms with Gasteiger partial charge < -0.3 is 4.42 Å². The lowest BCUT2D eigenvalue weighted by atomic mass is 10.2. The van der Waals surface area contributed by atoms with E-state index in [4.69, 9.17) is 16.0 Å². The molecular weight excluding hydrogens is 274 g/mol. The van der Waals surface area contributed by atoms with Crippen molar-refractivity contribution in [2.45, 2.75) is 0 Å². The minimum Gasteiger partial charge on any atom is -0.411 e. The minimum atomic E-state index is -0.515. The van der Waals surface area contributed by atoms with Gasteiger partial charge >= 0.3 is 0 Å². The van der Waals surface area contributed by atoms with Gasteiger partial charge in [0, 0.05) is 21.5 Å². The van der Waals surface area contributed by atoms with Crippen molar-refractivity contribution in [2.75, 3.05) is 0 Å². The topological polar surface area (TPSA) is 38.9 Å². The number of hydrogen-bond donors (Lipinski definition) is 0. The van der Waals surface area contributed by atoms with Gasteiger partial charge in [-0.25, -0.2) is 4.39 Å². The molecule has 6 heteroatoms. The molecule has 0 radical (unpaired) electrons. The Morgan fingerprint density at radius 2 is 2.14 bits per heavy atom. The summed E-state index contributed by atoms with van der Waals surface area (Å²) in [7, 11) is 0. The highest BCUT2D eigenvalue weighted by Gasteiger charge is 2.08. The molecule has 0 aliphatic rings. The van der Waals surface area contributed by atoms with Crippen LogP contribution in [0.5, 0.6) is 0 Å². The van der Waals surface area contributed by atoms with E-state index >= 15 is 0 Å². The lowest BCUT2D eigenvalue weighted by Crippen LogP contribution is -1.81. The second-order valence-corrected chi connectivity index (χ2v) is 3.57. The third kappa shape index (κ3) is 1.78. The smallest absolute Gasteiger partial charge is 0.285 e. The average Bonchev–Trinajstić information content (AvgIpc) is 2.57. The van der Waals surface area contributed by atoms with Gasteiger partial charge in [-0.2, -0.15) is 0 Å². The average molecular weight is 277 g/mol. The molecule has 0 aliphatic carbocycles. The molecule has 72 valence electrons. The predicted octanol–water partition coefficient (Wildman–Crippen LogP) is 3.29. The summed E-state index contributed by atoms with van der Waals surface area (Å²) in [5.74, 6) is -0.272. The summed E-state index contributed by atoms with van der Waals surface area (Å²) in [4.78, 5) is 0.253. The van der Waals surface area contributed by atoms with E-state index in [0.29, 0.717) is 5.56 Å². The van der Waals surface area contributed by atoms with E-state index in [1.165, 1.54) is 12.1 Å². The van der Waals surface area contributed by atoms with Crippen LogP contribution >= 0.6 is 27.5 Å². The first-order valence-electron chi connectivity index (χ1n) is 3.61. The molecule has 0 fully saturated rings. The van der Waals surface area contributed by atoms with E-state index in [9.17, 15) is 4.39 Å². The van der Waals surface area contributed by atoms with Gasteiger partial charge in [0.05, 0.1) is 5.02 Å². The maximum atomic E-state index is 13.0. The fraction of sp³-hybridized carbons (Fsp3) is 0. The summed E-state index contributed by atoms with van der Waals surface area (Å²) >= 11 is 8.52. The van der Waals surface area contributed by atoms with Gasteiger partial charge in [0.2, 0.25) is 5.89 Å². The van der Waals surface area contributed by atoms with Crippen molar-refractivity contribution >= 4 is 27.5 Å². The van der Waals surface area contributed by atoms with Crippen LogP contribution in [0.2, 0.25) is 5.02 Å². The Bertz CT molecular complexity index is 474. The van der Waals surface area contributed by atoms with Gasteiger partial charge in [0.1, 0.15) is 5.82 Å². The van der Waals surface area contributed by atoms with Crippen LogP contribution in [0.1, 0.15) is 0 Å². The highest BCUT2D eigenvalue weighted by molar-refractivity contribution is 9.10. The van der Waals surface area contributed by atoms with Crippen LogP contribution in [0.3, 0.4) is 0 Å². The largest absolute Gasteiger partial charge is 0.411 e. The van der Waals surface area contributed by atoms with Gasteiger partial charge in [-0.3, -0.25) is 0 Å². The van der Waals surface area contributed by atoms with E-state index in [1.54, 1.807) is 6.07 Å². The SMILES string of the molecule is Fc1cc(-c2nnc(Br)o2)ccc1Cl. The molecular formula is C8H3BrClFN2O. The molecule has 1 aromatic heterocycles. The summed E-state index contributed by atoms with van der Waals surface area (Å²) in [6.45, 7) is 0. The first kappa shape index (κ1) is 9.61. The third-order valence-electron chi connectivity index (χ3n) is 1.57. The van der Waals surface area contributed by atoms with Gasteiger partial charge in [-0.15, -0.1) is 10.2 Å². The molecule has 1 heterocycles. The first-order valence-corrected chi connectivity index (χ1v) is 4.78. The highest BCUT2D eigenvalue weighted by Crippen LogP contribution is 2.24.